The molecule has 0 bridgehead atoms. The largest absolute Gasteiger partial charge is 0.477 e. The number of carboxylic acid groups (broad SMARTS) is 1. The van der Waals surface area contributed by atoms with E-state index >= 15 is 0 Å². The van der Waals surface area contributed by atoms with Gasteiger partial charge in [0.2, 0.25) is 5.95 Å². The van der Waals surface area contributed by atoms with E-state index in [0.717, 1.165) is 11.3 Å². The van der Waals surface area contributed by atoms with Gasteiger partial charge < -0.3 is 15.1 Å². The maximum Gasteiger partial charge on any atom is 0.347 e. The zero-order valence-electron chi connectivity index (χ0n) is 15.6. The summed E-state index contributed by atoms with van der Waals surface area (Å²) < 4.78 is 0. The van der Waals surface area contributed by atoms with Crippen molar-refractivity contribution in [3.8, 4) is 11.4 Å². The molecule has 0 saturated carbocycles. The average molecular weight is 413 g/mol. The number of nitrogens with one attached hydrogen (secondary N) is 1. The maximum absolute atomic E-state index is 11.3. The van der Waals surface area contributed by atoms with Gasteiger partial charge in [0, 0.05) is 25.4 Å². The van der Waals surface area contributed by atoms with E-state index in [-0.39, 0.29) is 11.0 Å². The predicted molar refractivity (Wildman–Crippen MR) is 108 cm³/mol. The van der Waals surface area contributed by atoms with Crippen LogP contribution in [-0.2, 0) is 0 Å². The number of piperidine rings is 1. The smallest absolute Gasteiger partial charge is 0.347 e. The van der Waals surface area contributed by atoms with Crippen LogP contribution in [0.3, 0.4) is 0 Å². The first-order chi connectivity index (χ1) is 14.0. The first-order valence-corrected chi connectivity index (χ1v) is 9.87. The summed E-state index contributed by atoms with van der Waals surface area (Å²) in [4.78, 5) is 35.1. The summed E-state index contributed by atoms with van der Waals surface area (Å²) in [7, 11) is 0. The Morgan fingerprint density at radius 2 is 2.03 bits per heavy atom. The van der Waals surface area contributed by atoms with Crippen LogP contribution in [0.5, 0.6) is 0 Å². The Labute approximate surface area is 170 Å². The second-order valence-corrected chi connectivity index (χ2v) is 7.61. The molecule has 0 radical (unpaired) electrons. The number of aromatic nitrogens is 5. The van der Waals surface area contributed by atoms with Crippen molar-refractivity contribution >= 4 is 34.2 Å². The summed E-state index contributed by atoms with van der Waals surface area (Å²) in [5, 5.41) is 22.5. The van der Waals surface area contributed by atoms with Crippen molar-refractivity contribution in [3.63, 3.8) is 0 Å². The number of anilines is 3. The van der Waals surface area contributed by atoms with Gasteiger partial charge in [-0.05, 0) is 25.8 Å². The summed E-state index contributed by atoms with van der Waals surface area (Å²) >= 11 is 1.03. The highest BCUT2D eigenvalue weighted by molar-refractivity contribution is 7.17. The minimum absolute atomic E-state index is 0.171. The molecule has 0 spiro atoms. The third-order valence-corrected chi connectivity index (χ3v) is 5.62. The molecule has 11 heteroatoms. The Bertz CT molecular complexity index is 1020. The van der Waals surface area contributed by atoms with E-state index in [1.54, 1.807) is 19.2 Å². The van der Waals surface area contributed by atoms with Gasteiger partial charge in [0.15, 0.2) is 5.13 Å². The highest BCUT2D eigenvalue weighted by atomic mass is 32.1. The molecule has 10 nitrogen and oxygen atoms in total. The quantitative estimate of drug-likeness (QED) is 0.570. The number of carboxylic acids is 1. The van der Waals surface area contributed by atoms with Crippen LogP contribution in [0, 0.1) is 6.92 Å². The molecule has 0 amide bonds. The minimum Gasteiger partial charge on any atom is -0.477 e. The molecule has 3 aromatic rings. The van der Waals surface area contributed by atoms with Crippen LogP contribution < -0.4 is 10.2 Å². The summed E-state index contributed by atoms with van der Waals surface area (Å²) in [6, 6.07) is 3.60. The summed E-state index contributed by atoms with van der Waals surface area (Å²) in [5.41, 5.74) is 1.69. The van der Waals surface area contributed by atoms with Crippen molar-refractivity contribution in [2.75, 3.05) is 23.3 Å². The lowest BCUT2D eigenvalue weighted by molar-refractivity contribution is 0.0701. The summed E-state index contributed by atoms with van der Waals surface area (Å²) in [5.74, 6) is -0.0149. The monoisotopic (exact) mass is 413 g/mol. The number of aliphatic hydroxyl groups excluding tert-OH is 1. The van der Waals surface area contributed by atoms with Gasteiger partial charge >= 0.3 is 5.97 Å². The lowest BCUT2D eigenvalue weighted by atomic mass is 10.1. The first kappa shape index (κ1) is 19.2. The van der Waals surface area contributed by atoms with Gasteiger partial charge in [-0.15, -0.1) is 0 Å². The molecule has 0 unspecified atom stereocenters. The molecule has 1 aliphatic rings. The lowest BCUT2D eigenvalue weighted by Gasteiger charge is -2.30. The molecule has 1 saturated heterocycles. The normalized spacial score (nSPS) is 14.8. The minimum atomic E-state index is -1.02. The Morgan fingerprint density at radius 3 is 2.69 bits per heavy atom. The lowest BCUT2D eigenvalue weighted by Crippen LogP contribution is -2.36. The fourth-order valence-electron chi connectivity index (χ4n) is 3.06. The zero-order chi connectivity index (χ0) is 20.4. The Hall–Kier alpha value is -3.18. The molecule has 1 aliphatic heterocycles. The van der Waals surface area contributed by atoms with Crippen LogP contribution in [0.1, 0.15) is 28.2 Å². The van der Waals surface area contributed by atoms with E-state index in [0.29, 0.717) is 59.9 Å². The highest BCUT2D eigenvalue weighted by Gasteiger charge is 2.21. The number of aryl methyl sites for hydroxylation is 1. The van der Waals surface area contributed by atoms with E-state index < -0.39 is 5.97 Å². The van der Waals surface area contributed by atoms with Crippen LogP contribution in [-0.4, -0.2) is 60.3 Å². The van der Waals surface area contributed by atoms with E-state index in [1.807, 2.05) is 6.07 Å². The van der Waals surface area contributed by atoms with Crippen molar-refractivity contribution in [3.05, 3.63) is 35.2 Å². The average Bonchev–Trinajstić information content (AvgIpc) is 3.09. The molecule has 3 N–H and O–H groups in total. The Morgan fingerprint density at radius 1 is 1.24 bits per heavy atom. The van der Waals surface area contributed by atoms with Crippen molar-refractivity contribution in [2.45, 2.75) is 25.9 Å². The van der Waals surface area contributed by atoms with Gasteiger partial charge in [-0.25, -0.2) is 24.7 Å². The number of thiazole rings is 1. The van der Waals surface area contributed by atoms with E-state index in [2.05, 4.69) is 35.1 Å². The molecule has 3 aromatic heterocycles. The van der Waals surface area contributed by atoms with Crippen LogP contribution in [0.4, 0.5) is 16.9 Å². The second kappa shape index (κ2) is 8.05. The van der Waals surface area contributed by atoms with Crippen LogP contribution in [0.15, 0.2) is 24.7 Å². The SMILES string of the molecule is Cc1nc(Nc2nc(-c3ccncn3)cc(N3CCC(O)CC3)n2)sc1C(=O)O. The maximum atomic E-state index is 11.3. The van der Waals surface area contributed by atoms with Crippen molar-refractivity contribution < 1.29 is 15.0 Å². The van der Waals surface area contributed by atoms with E-state index in [9.17, 15) is 15.0 Å². The Kier molecular flexibility index (Phi) is 5.32. The Balaban J connectivity index is 1.69. The van der Waals surface area contributed by atoms with Gasteiger partial charge in [0.05, 0.1) is 23.2 Å². The highest BCUT2D eigenvalue weighted by Crippen LogP contribution is 2.28. The molecule has 1 fully saturated rings. The van der Waals surface area contributed by atoms with Gasteiger partial charge in [0.1, 0.15) is 17.0 Å². The second-order valence-electron chi connectivity index (χ2n) is 6.61. The molecule has 150 valence electrons. The third kappa shape index (κ3) is 4.30. The number of aromatic carboxylic acids is 1. The molecule has 0 aliphatic carbocycles. The van der Waals surface area contributed by atoms with E-state index in [4.69, 9.17) is 0 Å². The van der Waals surface area contributed by atoms with Crippen molar-refractivity contribution in [1.82, 2.24) is 24.9 Å². The standard InChI is InChI=1S/C18H19N7O3S/c1-10-15(16(27)28)29-18(21-10)24-17-22-13(12-2-5-19-9-20-12)8-14(23-17)25-6-3-11(26)4-7-25/h2,5,8-9,11,26H,3-4,6-7H2,1H3,(H,27,28)(H,21,22,23,24). The van der Waals surface area contributed by atoms with Crippen LogP contribution in [0.25, 0.3) is 11.4 Å². The molecule has 0 aromatic carbocycles. The van der Waals surface area contributed by atoms with Crippen LogP contribution >= 0.6 is 11.3 Å². The number of hydrogen-bond acceptors (Lipinski definition) is 10. The van der Waals surface area contributed by atoms with Gasteiger partial charge in [0.25, 0.3) is 0 Å². The fourth-order valence-corrected chi connectivity index (χ4v) is 3.86. The number of rotatable bonds is 5. The number of aliphatic hydroxyl groups is 1. The molecule has 4 rings (SSSR count). The number of hydrogen-bond donors (Lipinski definition) is 3. The molecular weight excluding hydrogens is 394 g/mol. The van der Waals surface area contributed by atoms with Gasteiger partial charge in [-0.1, -0.05) is 11.3 Å². The van der Waals surface area contributed by atoms with Crippen molar-refractivity contribution in [2.24, 2.45) is 0 Å². The third-order valence-electron chi connectivity index (χ3n) is 4.56. The molecular formula is C18H19N7O3S. The molecule has 4 heterocycles. The first-order valence-electron chi connectivity index (χ1n) is 9.06. The zero-order valence-corrected chi connectivity index (χ0v) is 16.4. The number of nitrogens with zero attached hydrogens (tertiary/aromatic N) is 6. The fraction of sp³-hybridized carbons (Fsp3) is 0.333. The topological polar surface area (TPSA) is 137 Å². The van der Waals surface area contributed by atoms with Gasteiger partial charge in [-0.3, -0.25) is 5.32 Å². The van der Waals surface area contributed by atoms with Crippen molar-refractivity contribution in [1.29, 1.82) is 0 Å². The molecule has 0 atom stereocenters. The number of carbonyl (C=O) groups is 1. The predicted octanol–water partition coefficient (Wildman–Crippen LogP) is 2.10. The van der Waals surface area contributed by atoms with Gasteiger partial charge in [-0.2, -0.15) is 4.98 Å². The van der Waals surface area contributed by atoms with Crippen LogP contribution in [0.2, 0.25) is 0 Å². The summed E-state index contributed by atoms with van der Waals surface area (Å²) in [6.45, 7) is 3.01. The molecule has 29 heavy (non-hydrogen) atoms. The summed E-state index contributed by atoms with van der Waals surface area (Å²) in [6.07, 6.45) is 4.13. The van der Waals surface area contributed by atoms with E-state index in [1.165, 1.54) is 6.33 Å².